The van der Waals surface area contributed by atoms with Crippen molar-refractivity contribution in [3.05, 3.63) is 42.0 Å². The number of halogens is 1. The first-order chi connectivity index (χ1) is 9.76. The van der Waals surface area contributed by atoms with E-state index in [9.17, 15) is 4.79 Å². The lowest BCUT2D eigenvalue weighted by Gasteiger charge is -2.13. The van der Waals surface area contributed by atoms with Crippen molar-refractivity contribution in [2.45, 2.75) is 19.4 Å². The molecule has 0 aliphatic carbocycles. The summed E-state index contributed by atoms with van der Waals surface area (Å²) in [6, 6.07) is 12.0. The fraction of sp³-hybridized carbons (Fsp3) is 0.312. The maximum absolute atomic E-state index is 11.7. The molecule has 0 unspecified atom stereocenters. The van der Waals surface area contributed by atoms with Crippen molar-refractivity contribution in [1.82, 2.24) is 5.32 Å². The molecule has 4 nitrogen and oxygen atoms in total. The van der Waals surface area contributed by atoms with E-state index >= 15 is 0 Å². The topological polar surface area (TPSA) is 64.3 Å². The molecule has 0 spiro atoms. The molecule has 0 saturated carbocycles. The number of methoxy groups -OCH3 is 1. The molecule has 5 heteroatoms. The van der Waals surface area contributed by atoms with Crippen LogP contribution in [0.1, 0.15) is 18.4 Å². The molecule has 0 aliphatic heterocycles. The lowest BCUT2D eigenvalue weighted by atomic mass is 10.0. The fourth-order valence-electron chi connectivity index (χ4n) is 2.23. The van der Waals surface area contributed by atoms with E-state index in [1.807, 2.05) is 30.3 Å². The third-order valence-corrected chi connectivity index (χ3v) is 3.29. The summed E-state index contributed by atoms with van der Waals surface area (Å²) < 4.78 is 5.40. The second-order valence-corrected chi connectivity index (χ2v) is 4.64. The minimum Gasteiger partial charge on any atom is -0.496 e. The summed E-state index contributed by atoms with van der Waals surface area (Å²) in [5.41, 5.74) is 6.41. The maximum Gasteiger partial charge on any atom is 0.220 e. The van der Waals surface area contributed by atoms with Gasteiger partial charge in [0.1, 0.15) is 5.75 Å². The number of benzene rings is 2. The third kappa shape index (κ3) is 4.34. The molecule has 0 aromatic heterocycles. The van der Waals surface area contributed by atoms with E-state index in [0.29, 0.717) is 25.9 Å². The summed E-state index contributed by atoms with van der Waals surface area (Å²) in [5.74, 6) is 0.813. The molecule has 0 aliphatic rings. The van der Waals surface area contributed by atoms with Gasteiger partial charge in [0, 0.05) is 18.5 Å². The van der Waals surface area contributed by atoms with Crippen molar-refractivity contribution in [2.75, 3.05) is 13.7 Å². The van der Waals surface area contributed by atoms with Crippen LogP contribution in [-0.4, -0.2) is 19.6 Å². The molecule has 0 bridgehead atoms. The number of hydrogen-bond donors (Lipinski definition) is 2. The van der Waals surface area contributed by atoms with Crippen LogP contribution in [0.3, 0.4) is 0 Å². The van der Waals surface area contributed by atoms with E-state index < -0.39 is 0 Å². The fourth-order valence-corrected chi connectivity index (χ4v) is 2.23. The largest absolute Gasteiger partial charge is 0.496 e. The van der Waals surface area contributed by atoms with Crippen molar-refractivity contribution < 1.29 is 9.53 Å². The Balaban J connectivity index is 0.00000220. The SMILES string of the molecule is COc1ccc2ccccc2c1CNC(=O)CCCN.Cl. The Hall–Kier alpha value is -1.78. The zero-order chi connectivity index (χ0) is 14.4. The highest BCUT2D eigenvalue weighted by Crippen LogP contribution is 2.27. The quantitative estimate of drug-likeness (QED) is 0.862. The minimum atomic E-state index is 0. The number of nitrogens with two attached hydrogens (primary N) is 1. The summed E-state index contributed by atoms with van der Waals surface area (Å²) in [5, 5.41) is 5.17. The highest BCUT2D eigenvalue weighted by Gasteiger charge is 2.09. The molecule has 0 saturated heterocycles. The summed E-state index contributed by atoms with van der Waals surface area (Å²) in [6.45, 7) is 0.999. The van der Waals surface area contributed by atoms with E-state index in [2.05, 4.69) is 11.4 Å². The predicted molar refractivity (Wildman–Crippen MR) is 87.9 cm³/mol. The molecule has 0 fully saturated rings. The minimum absolute atomic E-state index is 0. The zero-order valence-corrected chi connectivity index (χ0v) is 12.9. The van der Waals surface area contributed by atoms with E-state index in [1.165, 1.54) is 0 Å². The lowest BCUT2D eigenvalue weighted by Crippen LogP contribution is -2.23. The highest BCUT2D eigenvalue weighted by molar-refractivity contribution is 5.88. The van der Waals surface area contributed by atoms with Gasteiger partial charge in [-0.3, -0.25) is 4.79 Å². The van der Waals surface area contributed by atoms with Crippen LogP contribution < -0.4 is 15.8 Å². The molecule has 114 valence electrons. The number of fused-ring (bicyclic) bond motifs is 1. The van der Waals surface area contributed by atoms with Crippen LogP contribution in [-0.2, 0) is 11.3 Å². The van der Waals surface area contributed by atoms with Gasteiger partial charge >= 0.3 is 0 Å². The average molecular weight is 309 g/mol. The lowest BCUT2D eigenvalue weighted by molar-refractivity contribution is -0.121. The number of hydrogen-bond acceptors (Lipinski definition) is 3. The van der Waals surface area contributed by atoms with Gasteiger partial charge in [0.05, 0.1) is 7.11 Å². The Kier molecular flexibility index (Phi) is 6.99. The second-order valence-electron chi connectivity index (χ2n) is 4.64. The van der Waals surface area contributed by atoms with Crippen molar-refractivity contribution >= 4 is 29.1 Å². The van der Waals surface area contributed by atoms with Gasteiger partial charge in [0.25, 0.3) is 0 Å². The molecule has 2 aromatic rings. The molecular weight excluding hydrogens is 288 g/mol. The van der Waals surface area contributed by atoms with Gasteiger partial charge in [-0.15, -0.1) is 12.4 Å². The van der Waals surface area contributed by atoms with Gasteiger partial charge in [-0.25, -0.2) is 0 Å². The van der Waals surface area contributed by atoms with Crippen molar-refractivity contribution in [1.29, 1.82) is 0 Å². The molecule has 3 N–H and O–H groups in total. The second kappa shape index (κ2) is 8.49. The number of amides is 1. The van der Waals surface area contributed by atoms with E-state index in [0.717, 1.165) is 22.1 Å². The van der Waals surface area contributed by atoms with Crippen LogP contribution in [0.5, 0.6) is 5.75 Å². The Morgan fingerprint density at radius 2 is 2.00 bits per heavy atom. The van der Waals surface area contributed by atoms with E-state index in [4.69, 9.17) is 10.5 Å². The standard InChI is InChI=1S/C16H20N2O2.ClH/c1-20-15-9-8-12-5-2-3-6-13(12)14(15)11-18-16(19)7-4-10-17;/h2-3,5-6,8-9H,4,7,10-11,17H2,1H3,(H,18,19);1H. The number of ether oxygens (including phenoxy) is 1. The van der Waals surface area contributed by atoms with Gasteiger partial charge in [-0.05, 0) is 29.8 Å². The Bertz CT molecular complexity index is 602. The van der Waals surface area contributed by atoms with Crippen LogP contribution >= 0.6 is 12.4 Å². The Labute approximate surface area is 131 Å². The van der Waals surface area contributed by atoms with Gasteiger partial charge in [0.2, 0.25) is 5.91 Å². The van der Waals surface area contributed by atoms with Crippen LogP contribution in [0.15, 0.2) is 36.4 Å². The van der Waals surface area contributed by atoms with Crippen LogP contribution in [0.4, 0.5) is 0 Å². The van der Waals surface area contributed by atoms with Crippen LogP contribution in [0, 0.1) is 0 Å². The monoisotopic (exact) mass is 308 g/mol. The van der Waals surface area contributed by atoms with Crippen molar-refractivity contribution in [3.63, 3.8) is 0 Å². The summed E-state index contributed by atoms with van der Waals surface area (Å²) in [7, 11) is 1.64. The predicted octanol–water partition coefficient (Wildman–Crippen LogP) is 2.63. The molecule has 21 heavy (non-hydrogen) atoms. The number of carbonyl (C=O) groups excluding carboxylic acids is 1. The number of rotatable bonds is 6. The third-order valence-electron chi connectivity index (χ3n) is 3.29. The van der Waals surface area contributed by atoms with E-state index in [-0.39, 0.29) is 18.3 Å². The summed E-state index contributed by atoms with van der Waals surface area (Å²) in [6.07, 6.45) is 1.17. The zero-order valence-electron chi connectivity index (χ0n) is 12.1. The van der Waals surface area contributed by atoms with E-state index in [1.54, 1.807) is 7.11 Å². The number of carbonyl (C=O) groups is 1. The molecule has 2 aromatic carbocycles. The molecular formula is C16H21ClN2O2. The van der Waals surface area contributed by atoms with Gasteiger partial charge < -0.3 is 15.8 Å². The first kappa shape index (κ1) is 17.3. The average Bonchev–Trinajstić information content (AvgIpc) is 2.50. The van der Waals surface area contributed by atoms with Gasteiger partial charge in [-0.1, -0.05) is 30.3 Å². The molecule has 0 radical (unpaired) electrons. The van der Waals surface area contributed by atoms with Crippen molar-refractivity contribution in [2.24, 2.45) is 5.73 Å². The molecule has 0 atom stereocenters. The summed E-state index contributed by atoms with van der Waals surface area (Å²) >= 11 is 0. The van der Waals surface area contributed by atoms with Crippen LogP contribution in [0.2, 0.25) is 0 Å². The first-order valence-corrected chi connectivity index (χ1v) is 6.77. The Morgan fingerprint density at radius 1 is 1.24 bits per heavy atom. The molecule has 0 heterocycles. The van der Waals surface area contributed by atoms with Crippen LogP contribution in [0.25, 0.3) is 10.8 Å². The first-order valence-electron chi connectivity index (χ1n) is 6.77. The molecule has 1 amide bonds. The van der Waals surface area contributed by atoms with Gasteiger partial charge in [-0.2, -0.15) is 0 Å². The normalized spacial score (nSPS) is 10.0. The van der Waals surface area contributed by atoms with Gasteiger partial charge in [0.15, 0.2) is 0 Å². The maximum atomic E-state index is 11.7. The smallest absolute Gasteiger partial charge is 0.220 e. The molecule has 2 rings (SSSR count). The summed E-state index contributed by atoms with van der Waals surface area (Å²) in [4.78, 5) is 11.7. The van der Waals surface area contributed by atoms with Crippen molar-refractivity contribution in [3.8, 4) is 5.75 Å². The number of nitrogens with one attached hydrogen (secondary N) is 1. The highest BCUT2D eigenvalue weighted by atomic mass is 35.5. The Morgan fingerprint density at radius 3 is 2.71 bits per heavy atom.